The molecule has 3 aromatic heterocycles. The second kappa shape index (κ2) is 6.52. The van der Waals surface area contributed by atoms with Crippen LogP contribution in [0.1, 0.15) is 11.7 Å². The van der Waals surface area contributed by atoms with E-state index in [2.05, 4.69) is 20.4 Å². The predicted octanol–water partition coefficient (Wildman–Crippen LogP) is 3.56. The molecule has 0 spiro atoms. The van der Waals surface area contributed by atoms with Crippen molar-refractivity contribution in [2.45, 2.75) is 12.8 Å². The summed E-state index contributed by atoms with van der Waals surface area (Å²) in [6.07, 6.45) is 2.80. The molecule has 0 radical (unpaired) electrons. The van der Waals surface area contributed by atoms with Crippen LogP contribution in [0, 0.1) is 0 Å². The quantitative estimate of drug-likeness (QED) is 0.544. The molecule has 0 unspecified atom stereocenters. The van der Waals surface area contributed by atoms with Crippen molar-refractivity contribution in [3.8, 4) is 23.0 Å². The van der Waals surface area contributed by atoms with Gasteiger partial charge in [-0.3, -0.25) is 0 Å². The Morgan fingerprint density at radius 3 is 2.76 bits per heavy atom. The highest BCUT2D eigenvalue weighted by molar-refractivity contribution is 6.30. The second-order valence-corrected chi connectivity index (χ2v) is 5.92. The average Bonchev–Trinajstić information content (AvgIpc) is 3.34. The van der Waals surface area contributed by atoms with Crippen molar-refractivity contribution in [3.05, 3.63) is 59.4 Å². The van der Waals surface area contributed by atoms with E-state index in [1.54, 1.807) is 18.4 Å². The summed E-state index contributed by atoms with van der Waals surface area (Å²) < 4.78 is 13.0. The molecular weight excluding hydrogens is 342 g/mol. The van der Waals surface area contributed by atoms with Crippen LogP contribution in [0.5, 0.6) is 0 Å². The SMILES string of the molecule is Cn1c(CCc2nnc(-c3cccc(Cl)c3)o2)nnc1-c1ccco1. The first-order valence-electron chi connectivity index (χ1n) is 7.71. The van der Waals surface area contributed by atoms with E-state index in [0.29, 0.717) is 41.2 Å². The maximum atomic E-state index is 5.99. The Morgan fingerprint density at radius 2 is 1.96 bits per heavy atom. The number of hydrogen-bond donors (Lipinski definition) is 0. The molecule has 0 atom stereocenters. The first kappa shape index (κ1) is 15.6. The Labute approximate surface area is 148 Å². The van der Waals surface area contributed by atoms with E-state index in [1.165, 1.54) is 0 Å². The number of rotatable bonds is 5. The Hall–Kier alpha value is -2.93. The summed E-state index contributed by atoms with van der Waals surface area (Å²) in [6.45, 7) is 0. The number of furan rings is 1. The molecule has 0 bridgehead atoms. The summed E-state index contributed by atoms with van der Waals surface area (Å²) in [5, 5.41) is 17.2. The van der Waals surface area contributed by atoms with Crippen LogP contribution in [0.4, 0.5) is 0 Å². The van der Waals surface area contributed by atoms with Gasteiger partial charge in [-0.15, -0.1) is 20.4 Å². The van der Waals surface area contributed by atoms with E-state index >= 15 is 0 Å². The highest BCUT2D eigenvalue weighted by Gasteiger charge is 2.14. The summed E-state index contributed by atoms with van der Waals surface area (Å²) in [7, 11) is 1.90. The van der Waals surface area contributed by atoms with Crippen molar-refractivity contribution in [1.82, 2.24) is 25.0 Å². The largest absolute Gasteiger partial charge is 0.461 e. The lowest BCUT2D eigenvalue weighted by Gasteiger charge is -2.00. The average molecular weight is 356 g/mol. The predicted molar refractivity (Wildman–Crippen MR) is 90.9 cm³/mol. The van der Waals surface area contributed by atoms with Crippen LogP contribution in [0.25, 0.3) is 23.0 Å². The minimum absolute atomic E-state index is 0.451. The van der Waals surface area contributed by atoms with Gasteiger partial charge in [-0.1, -0.05) is 17.7 Å². The second-order valence-electron chi connectivity index (χ2n) is 5.49. The zero-order valence-corrected chi connectivity index (χ0v) is 14.1. The Bertz CT molecular complexity index is 990. The molecule has 25 heavy (non-hydrogen) atoms. The van der Waals surface area contributed by atoms with Gasteiger partial charge < -0.3 is 13.4 Å². The van der Waals surface area contributed by atoms with Gasteiger partial charge >= 0.3 is 0 Å². The first-order valence-corrected chi connectivity index (χ1v) is 8.09. The molecule has 8 heteroatoms. The lowest BCUT2D eigenvalue weighted by Crippen LogP contribution is -2.02. The number of halogens is 1. The minimum atomic E-state index is 0.451. The van der Waals surface area contributed by atoms with E-state index in [9.17, 15) is 0 Å². The molecule has 0 fully saturated rings. The summed E-state index contributed by atoms with van der Waals surface area (Å²) in [5.41, 5.74) is 0.796. The van der Waals surface area contributed by atoms with E-state index in [1.807, 2.05) is 35.9 Å². The lowest BCUT2D eigenvalue weighted by atomic mass is 10.2. The molecule has 126 valence electrons. The molecular formula is C17H14ClN5O2. The molecule has 0 aliphatic carbocycles. The van der Waals surface area contributed by atoms with Gasteiger partial charge in [0.2, 0.25) is 11.8 Å². The molecule has 1 aromatic carbocycles. The summed E-state index contributed by atoms with van der Waals surface area (Å²) in [4.78, 5) is 0. The van der Waals surface area contributed by atoms with Crippen molar-refractivity contribution < 1.29 is 8.83 Å². The van der Waals surface area contributed by atoms with Crippen molar-refractivity contribution in [1.29, 1.82) is 0 Å². The highest BCUT2D eigenvalue weighted by atomic mass is 35.5. The van der Waals surface area contributed by atoms with Crippen LogP contribution in [0.15, 0.2) is 51.5 Å². The van der Waals surface area contributed by atoms with Gasteiger partial charge in [0, 0.05) is 30.5 Å². The maximum Gasteiger partial charge on any atom is 0.247 e. The molecule has 0 N–H and O–H groups in total. The van der Waals surface area contributed by atoms with E-state index < -0.39 is 0 Å². The van der Waals surface area contributed by atoms with Gasteiger partial charge in [0.05, 0.1) is 6.26 Å². The zero-order chi connectivity index (χ0) is 17.2. The van der Waals surface area contributed by atoms with Crippen LogP contribution >= 0.6 is 11.6 Å². The first-order chi connectivity index (χ1) is 12.2. The smallest absolute Gasteiger partial charge is 0.247 e. The monoisotopic (exact) mass is 355 g/mol. The standard InChI is InChI=1S/C17H14ClN5O2/c1-23-14(19-21-16(23)13-6-3-9-24-13)7-8-15-20-22-17(25-15)11-4-2-5-12(18)10-11/h2-6,9-10H,7-8H2,1H3. The van der Waals surface area contributed by atoms with E-state index in [-0.39, 0.29) is 0 Å². The zero-order valence-electron chi connectivity index (χ0n) is 13.4. The van der Waals surface area contributed by atoms with Crippen molar-refractivity contribution >= 4 is 11.6 Å². The number of benzene rings is 1. The Balaban J connectivity index is 1.48. The van der Waals surface area contributed by atoms with E-state index in [0.717, 1.165) is 11.4 Å². The summed E-state index contributed by atoms with van der Waals surface area (Å²) >= 11 is 5.99. The number of aromatic nitrogens is 5. The van der Waals surface area contributed by atoms with E-state index in [4.69, 9.17) is 20.4 Å². The third-order valence-electron chi connectivity index (χ3n) is 3.81. The number of hydrogen-bond acceptors (Lipinski definition) is 6. The Morgan fingerprint density at radius 1 is 1.04 bits per heavy atom. The van der Waals surface area contributed by atoms with Gasteiger partial charge in [-0.25, -0.2) is 0 Å². The molecule has 3 heterocycles. The molecule has 4 rings (SSSR count). The van der Waals surface area contributed by atoms with Gasteiger partial charge in [0.25, 0.3) is 0 Å². The molecule has 0 amide bonds. The normalized spacial score (nSPS) is 11.1. The van der Waals surface area contributed by atoms with Gasteiger partial charge in [0.15, 0.2) is 11.6 Å². The molecule has 0 saturated heterocycles. The third-order valence-corrected chi connectivity index (χ3v) is 4.04. The number of nitrogens with zero attached hydrogens (tertiary/aromatic N) is 5. The van der Waals surface area contributed by atoms with Gasteiger partial charge in [0.1, 0.15) is 5.82 Å². The summed E-state index contributed by atoms with van der Waals surface area (Å²) in [5.74, 6) is 3.17. The minimum Gasteiger partial charge on any atom is -0.461 e. The Kier molecular flexibility index (Phi) is 4.07. The lowest BCUT2D eigenvalue weighted by molar-refractivity contribution is 0.500. The van der Waals surface area contributed by atoms with Crippen LogP contribution in [-0.2, 0) is 19.9 Å². The van der Waals surface area contributed by atoms with Gasteiger partial charge in [-0.2, -0.15) is 0 Å². The summed E-state index contributed by atoms with van der Waals surface area (Å²) in [6, 6.07) is 11.0. The third kappa shape index (κ3) is 3.18. The molecule has 0 aliphatic heterocycles. The maximum absolute atomic E-state index is 5.99. The van der Waals surface area contributed by atoms with Crippen LogP contribution in [0.2, 0.25) is 5.02 Å². The van der Waals surface area contributed by atoms with Crippen molar-refractivity contribution in [3.63, 3.8) is 0 Å². The van der Waals surface area contributed by atoms with Crippen LogP contribution in [0.3, 0.4) is 0 Å². The highest BCUT2D eigenvalue weighted by Crippen LogP contribution is 2.22. The van der Waals surface area contributed by atoms with Crippen LogP contribution < -0.4 is 0 Å². The molecule has 0 saturated carbocycles. The number of aryl methyl sites for hydroxylation is 2. The van der Waals surface area contributed by atoms with Gasteiger partial charge in [-0.05, 0) is 30.3 Å². The topological polar surface area (TPSA) is 82.8 Å². The fourth-order valence-electron chi connectivity index (χ4n) is 2.51. The van der Waals surface area contributed by atoms with Crippen molar-refractivity contribution in [2.75, 3.05) is 0 Å². The van der Waals surface area contributed by atoms with Crippen molar-refractivity contribution in [2.24, 2.45) is 7.05 Å². The molecule has 7 nitrogen and oxygen atoms in total. The molecule has 4 aromatic rings. The fraction of sp³-hybridized carbons (Fsp3) is 0.176. The fourth-order valence-corrected chi connectivity index (χ4v) is 2.70. The molecule has 0 aliphatic rings. The van der Waals surface area contributed by atoms with Crippen LogP contribution in [-0.4, -0.2) is 25.0 Å².